The molecule has 0 aromatic heterocycles. The predicted octanol–water partition coefficient (Wildman–Crippen LogP) is 1.77. The summed E-state index contributed by atoms with van der Waals surface area (Å²) in [6.07, 6.45) is 0.487. The lowest BCUT2D eigenvalue weighted by Crippen LogP contribution is -2.08. The lowest BCUT2D eigenvalue weighted by molar-refractivity contribution is -0.137. The second-order valence-electron chi connectivity index (χ2n) is 3.21. The molecule has 0 saturated carbocycles. The third kappa shape index (κ3) is 2.03. The van der Waals surface area contributed by atoms with Crippen molar-refractivity contribution in [2.75, 3.05) is 0 Å². The zero-order valence-corrected chi connectivity index (χ0v) is 8.52. The molecule has 0 amide bonds. The van der Waals surface area contributed by atoms with Crippen molar-refractivity contribution < 1.29 is 14.6 Å². The van der Waals surface area contributed by atoms with Gasteiger partial charge in [-0.3, -0.25) is 0 Å². The van der Waals surface area contributed by atoms with Crippen LogP contribution in [0.3, 0.4) is 0 Å². The number of hydrogen-bond donors (Lipinski definition) is 1. The SMILES string of the molecule is O=C1OC(C(O)c2ccccc2)=CC1Cl. The Hall–Kier alpha value is -1.32. The molecule has 0 fully saturated rings. The number of aliphatic hydroxyl groups is 1. The van der Waals surface area contributed by atoms with Crippen molar-refractivity contribution in [2.45, 2.75) is 11.5 Å². The summed E-state index contributed by atoms with van der Waals surface area (Å²) in [6.45, 7) is 0. The van der Waals surface area contributed by atoms with Crippen LogP contribution < -0.4 is 0 Å². The minimum Gasteiger partial charge on any atom is -0.427 e. The van der Waals surface area contributed by atoms with Crippen molar-refractivity contribution in [3.63, 3.8) is 0 Å². The number of rotatable bonds is 2. The van der Waals surface area contributed by atoms with E-state index in [1.165, 1.54) is 6.08 Å². The van der Waals surface area contributed by atoms with Gasteiger partial charge >= 0.3 is 5.97 Å². The Morgan fingerprint density at radius 3 is 2.53 bits per heavy atom. The summed E-state index contributed by atoms with van der Waals surface area (Å²) < 4.78 is 4.83. The van der Waals surface area contributed by atoms with Crippen molar-refractivity contribution in [2.24, 2.45) is 0 Å². The Bertz CT molecular complexity index is 400. The molecule has 0 aliphatic carbocycles. The first-order valence-electron chi connectivity index (χ1n) is 4.49. The summed E-state index contributed by atoms with van der Waals surface area (Å²) in [6, 6.07) is 8.94. The molecule has 1 aliphatic rings. The van der Waals surface area contributed by atoms with Crippen LogP contribution in [0.2, 0.25) is 0 Å². The number of carbonyl (C=O) groups excluding carboxylic acids is 1. The van der Waals surface area contributed by atoms with Crippen LogP contribution in [-0.4, -0.2) is 16.5 Å². The minimum absolute atomic E-state index is 0.200. The Kier molecular flexibility index (Phi) is 2.75. The highest BCUT2D eigenvalue weighted by molar-refractivity contribution is 6.32. The molecule has 2 unspecified atom stereocenters. The van der Waals surface area contributed by atoms with E-state index >= 15 is 0 Å². The first-order valence-corrected chi connectivity index (χ1v) is 4.92. The average Bonchev–Trinajstić information content (AvgIpc) is 2.59. The van der Waals surface area contributed by atoms with Gasteiger partial charge in [0, 0.05) is 0 Å². The average molecular weight is 225 g/mol. The summed E-state index contributed by atoms with van der Waals surface area (Å²) in [7, 11) is 0. The summed E-state index contributed by atoms with van der Waals surface area (Å²) in [5.41, 5.74) is 0.669. The zero-order chi connectivity index (χ0) is 10.8. The maximum absolute atomic E-state index is 11.0. The number of alkyl halides is 1. The van der Waals surface area contributed by atoms with E-state index in [1.54, 1.807) is 24.3 Å². The van der Waals surface area contributed by atoms with E-state index < -0.39 is 17.5 Å². The standard InChI is InChI=1S/C11H9ClO3/c12-8-6-9(15-11(8)14)10(13)7-4-2-1-3-5-7/h1-6,8,10,13H. The molecule has 1 aromatic carbocycles. The predicted molar refractivity (Wildman–Crippen MR) is 55.2 cm³/mol. The number of halogens is 1. The third-order valence-corrected chi connectivity index (χ3v) is 2.44. The molecule has 1 heterocycles. The first kappa shape index (κ1) is 10.2. The Morgan fingerprint density at radius 1 is 1.33 bits per heavy atom. The van der Waals surface area contributed by atoms with Crippen molar-refractivity contribution in [3.8, 4) is 0 Å². The van der Waals surface area contributed by atoms with Gasteiger partial charge in [-0.15, -0.1) is 11.6 Å². The van der Waals surface area contributed by atoms with E-state index in [2.05, 4.69) is 0 Å². The maximum Gasteiger partial charge on any atom is 0.333 e. The highest BCUT2D eigenvalue weighted by atomic mass is 35.5. The van der Waals surface area contributed by atoms with Gasteiger partial charge in [0.05, 0.1) is 0 Å². The van der Waals surface area contributed by atoms with Crippen LogP contribution in [0.15, 0.2) is 42.2 Å². The molecule has 0 saturated heterocycles. The molecule has 2 atom stereocenters. The van der Waals surface area contributed by atoms with Crippen LogP contribution in [0.4, 0.5) is 0 Å². The van der Waals surface area contributed by atoms with E-state index in [0.29, 0.717) is 5.56 Å². The second kappa shape index (κ2) is 4.04. The first-order chi connectivity index (χ1) is 7.18. The fourth-order valence-electron chi connectivity index (χ4n) is 1.37. The summed E-state index contributed by atoms with van der Waals surface area (Å²) in [4.78, 5) is 11.0. The van der Waals surface area contributed by atoms with Gasteiger partial charge in [-0.1, -0.05) is 30.3 Å². The maximum atomic E-state index is 11.0. The van der Waals surface area contributed by atoms with Crippen LogP contribution in [0.1, 0.15) is 11.7 Å². The summed E-state index contributed by atoms with van der Waals surface area (Å²) in [5.74, 6) is -0.340. The normalized spacial score (nSPS) is 22.1. The summed E-state index contributed by atoms with van der Waals surface area (Å²) >= 11 is 5.63. The van der Waals surface area contributed by atoms with E-state index in [1.807, 2.05) is 6.07 Å². The number of esters is 1. The van der Waals surface area contributed by atoms with Crippen LogP contribution >= 0.6 is 11.6 Å². The Labute approximate surface area is 91.9 Å². The molecule has 1 aromatic rings. The van der Waals surface area contributed by atoms with Gasteiger partial charge in [-0.2, -0.15) is 0 Å². The molecule has 3 nitrogen and oxygen atoms in total. The molecular formula is C11H9ClO3. The molecule has 0 radical (unpaired) electrons. The lowest BCUT2D eigenvalue weighted by atomic mass is 10.1. The van der Waals surface area contributed by atoms with Crippen LogP contribution in [0.25, 0.3) is 0 Å². The van der Waals surface area contributed by atoms with E-state index in [4.69, 9.17) is 16.3 Å². The molecule has 1 aliphatic heterocycles. The van der Waals surface area contributed by atoms with E-state index in [0.717, 1.165) is 0 Å². The molecular weight excluding hydrogens is 216 g/mol. The molecule has 4 heteroatoms. The fourth-order valence-corrected chi connectivity index (χ4v) is 1.53. The molecule has 1 N–H and O–H groups in total. The number of hydrogen-bond acceptors (Lipinski definition) is 3. The van der Waals surface area contributed by atoms with Gasteiger partial charge < -0.3 is 9.84 Å². The molecule has 2 rings (SSSR count). The monoisotopic (exact) mass is 224 g/mol. The highest BCUT2D eigenvalue weighted by Gasteiger charge is 2.29. The smallest absolute Gasteiger partial charge is 0.333 e. The molecule has 78 valence electrons. The lowest BCUT2D eigenvalue weighted by Gasteiger charge is -2.10. The number of benzene rings is 1. The quantitative estimate of drug-likeness (QED) is 0.615. The molecule has 0 spiro atoms. The largest absolute Gasteiger partial charge is 0.427 e. The number of aliphatic hydroxyl groups excluding tert-OH is 1. The van der Waals surface area contributed by atoms with Crippen LogP contribution in [-0.2, 0) is 9.53 Å². The topological polar surface area (TPSA) is 46.5 Å². The Balaban J connectivity index is 2.20. The van der Waals surface area contributed by atoms with Gasteiger partial charge in [-0.05, 0) is 11.6 Å². The van der Waals surface area contributed by atoms with Gasteiger partial charge in [0.2, 0.25) is 0 Å². The van der Waals surface area contributed by atoms with Crippen molar-refractivity contribution >= 4 is 17.6 Å². The number of ether oxygens (including phenoxy) is 1. The van der Waals surface area contributed by atoms with Crippen molar-refractivity contribution in [1.82, 2.24) is 0 Å². The zero-order valence-electron chi connectivity index (χ0n) is 7.76. The highest BCUT2D eigenvalue weighted by Crippen LogP contribution is 2.28. The number of carbonyl (C=O) groups is 1. The minimum atomic E-state index is -0.932. The van der Waals surface area contributed by atoms with Crippen molar-refractivity contribution in [3.05, 3.63) is 47.7 Å². The van der Waals surface area contributed by atoms with Crippen LogP contribution in [0, 0.1) is 0 Å². The molecule has 0 bridgehead atoms. The van der Waals surface area contributed by atoms with Gasteiger partial charge in [0.1, 0.15) is 11.9 Å². The van der Waals surface area contributed by atoms with E-state index in [9.17, 15) is 9.90 Å². The number of cyclic esters (lactones) is 1. The van der Waals surface area contributed by atoms with Gasteiger partial charge in [0.15, 0.2) is 5.38 Å². The second-order valence-corrected chi connectivity index (χ2v) is 3.68. The van der Waals surface area contributed by atoms with Gasteiger partial charge in [0.25, 0.3) is 0 Å². The fraction of sp³-hybridized carbons (Fsp3) is 0.182. The Morgan fingerprint density at radius 2 is 2.00 bits per heavy atom. The summed E-state index contributed by atoms with van der Waals surface area (Å²) in [5, 5.41) is 9.06. The van der Waals surface area contributed by atoms with Crippen molar-refractivity contribution in [1.29, 1.82) is 0 Å². The third-order valence-electron chi connectivity index (χ3n) is 2.14. The van der Waals surface area contributed by atoms with E-state index in [-0.39, 0.29) is 5.76 Å². The van der Waals surface area contributed by atoms with Crippen LogP contribution in [0.5, 0.6) is 0 Å². The van der Waals surface area contributed by atoms with Gasteiger partial charge in [-0.25, -0.2) is 4.79 Å². The molecule has 15 heavy (non-hydrogen) atoms.